The van der Waals surface area contributed by atoms with Crippen LogP contribution in [-0.4, -0.2) is 10.2 Å². The van der Waals surface area contributed by atoms with Gasteiger partial charge in [-0.05, 0) is 41.8 Å². The van der Waals surface area contributed by atoms with Gasteiger partial charge in [-0.15, -0.1) is 6.42 Å². The number of phenolic OH excluding ortho intramolecular Hbond substituents is 2. The third-order valence-electron chi connectivity index (χ3n) is 2.87. The minimum Gasteiger partial charge on any atom is -0.508 e. The zero-order valence-corrected chi connectivity index (χ0v) is 9.88. The zero-order valence-electron chi connectivity index (χ0n) is 9.88. The SMILES string of the molecule is C#CC(Cc1ccc(O)cc1)c1ccc(O)cc1. The molecule has 0 radical (unpaired) electrons. The summed E-state index contributed by atoms with van der Waals surface area (Å²) in [4.78, 5) is 0. The van der Waals surface area contributed by atoms with Gasteiger partial charge < -0.3 is 10.2 Å². The molecule has 0 spiro atoms. The summed E-state index contributed by atoms with van der Waals surface area (Å²) in [5, 5.41) is 18.5. The van der Waals surface area contributed by atoms with Crippen LogP contribution in [-0.2, 0) is 6.42 Å². The average Bonchev–Trinajstić information content (AvgIpc) is 2.39. The van der Waals surface area contributed by atoms with Gasteiger partial charge in [-0.2, -0.15) is 0 Å². The molecule has 0 saturated carbocycles. The highest BCUT2D eigenvalue weighted by molar-refractivity contribution is 5.35. The van der Waals surface area contributed by atoms with Gasteiger partial charge in [-0.3, -0.25) is 0 Å². The van der Waals surface area contributed by atoms with Crippen LogP contribution in [0.5, 0.6) is 11.5 Å². The largest absolute Gasteiger partial charge is 0.508 e. The van der Waals surface area contributed by atoms with Crippen molar-refractivity contribution in [2.75, 3.05) is 0 Å². The molecular formula is C16H14O2. The second-order valence-electron chi connectivity index (χ2n) is 4.18. The lowest BCUT2D eigenvalue weighted by Gasteiger charge is -2.11. The smallest absolute Gasteiger partial charge is 0.115 e. The summed E-state index contributed by atoms with van der Waals surface area (Å²) in [5.74, 6) is 3.21. The Morgan fingerprint density at radius 2 is 1.39 bits per heavy atom. The summed E-state index contributed by atoms with van der Waals surface area (Å²) in [6.07, 6.45) is 6.27. The Bertz CT molecular complexity index is 547. The Morgan fingerprint density at radius 3 is 1.89 bits per heavy atom. The molecule has 2 nitrogen and oxygen atoms in total. The minimum absolute atomic E-state index is 0.0323. The predicted molar refractivity (Wildman–Crippen MR) is 71.5 cm³/mol. The molecule has 1 atom stereocenters. The highest BCUT2D eigenvalue weighted by Crippen LogP contribution is 2.23. The normalized spacial score (nSPS) is 11.7. The Labute approximate surface area is 107 Å². The predicted octanol–water partition coefficient (Wildman–Crippen LogP) is 3.06. The van der Waals surface area contributed by atoms with Gasteiger partial charge >= 0.3 is 0 Å². The fourth-order valence-corrected chi connectivity index (χ4v) is 1.85. The molecular weight excluding hydrogens is 224 g/mol. The van der Waals surface area contributed by atoms with Crippen molar-refractivity contribution in [3.05, 3.63) is 59.7 Å². The molecule has 0 aromatic heterocycles. The molecule has 0 fully saturated rings. The van der Waals surface area contributed by atoms with Crippen LogP contribution in [0.3, 0.4) is 0 Å². The molecule has 0 heterocycles. The molecule has 90 valence electrons. The van der Waals surface area contributed by atoms with E-state index in [0.717, 1.165) is 11.1 Å². The lowest BCUT2D eigenvalue weighted by Crippen LogP contribution is -2.00. The first kappa shape index (κ1) is 12.1. The van der Waals surface area contributed by atoms with Gasteiger partial charge in [0.1, 0.15) is 11.5 Å². The third-order valence-corrected chi connectivity index (χ3v) is 2.87. The van der Waals surface area contributed by atoms with E-state index in [1.54, 1.807) is 24.3 Å². The van der Waals surface area contributed by atoms with Crippen molar-refractivity contribution in [2.45, 2.75) is 12.3 Å². The van der Waals surface area contributed by atoms with Crippen molar-refractivity contribution >= 4 is 0 Å². The van der Waals surface area contributed by atoms with Crippen LogP contribution >= 0.6 is 0 Å². The van der Waals surface area contributed by atoms with Crippen LogP contribution in [0.2, 0.25) is 0 Å². The number of phenols is 2. The fourth-order valence-electron chi connectivity index (χ4n) is 1.85. The first-order valence-electron chi connectivity index (χ1n) is 5.72. The molecule has 0 aliphatic heterocycles. The van der Waals surface area contributed by atoms with E-state index in [1.165, 1.54) is 0 Å². The lowest BCUT2D eigenvalue weighted by atomic mass is 9.93. The van der Waals surface area contributed by atoms with E-state index in [1.807, 2.05) is 24.3 Å². The topological polar surface area (TPSA) is 40.5 Å². The maximum atomic E-state index is 9.25. The molecule has 2 N–H and O–H groups in total. The fraction of sp³-hybridized carbons (Fsp3) is 0.125. The van der Waals surface area contributed by atoms with Gasteiger partial charge in [0, 0.05) is 5.92 Å². The summed E-state index contributed by atoms with van der Waals surface area (Å²) < 4.78 is 0. The molecule has 0 aliphatic rings. The lowest BCUT2D eigenvalue weighted by molar-refractivity contribution is 0.474. The van der Waals surface area contributed by atoms with E-state index >= 15 is 0 Å². The van der Waals surface area contributed by atoms with Crippen LogP contribution in [0.4, 0.5) is 0 Å². The van der Waals surface area contributed by atoms with Gasteiger partial charge in [-0.25, -0.2) is 0 Å². The van der Waals surface area contributed by atoms with Gasteiger partial charge in [-0.1, -0.05) is 30.2 Å². The van der Waals surface area contributed by atoms with E-state index in [2.05, 4.69) is 5.92 Å². The van der Waals surface area contributed by atoms with Crippen LogP contribution < -0.4 is 0 Å². The number of aromatic hydroxyl groups is 2. The molecule has 2 aromatic rings. The minimum atomic E-state index is -0.0323. The molecule has 0 amide bonds. The Kier molecular flexibility index (Phi) is 3.54. The van der Waals surface area contributed by atoms with Crippen LogP contribution in [0.1, 0.15) is 17.0 Å². The van der Waals surface area contributed by atoms with E-state index in [-0.39, 0.29) is 17.4 Å². The number of hydrogen-bond donors (Lipinski definition) is 2. The third kappa shape index (κ3) is 2.83. The Balaban J connectivity index is 2.17. The van der Waals surface area contributed by atoms with Crippen LogP contribution in [0, 0.1) is 12.3 Å². The molecule has 0 saturated heterocycles. The quantitative estimate of drug-likeness (QED) is 0.807. The molecule has 2 heteroatoms. The summed E-state index contributed by atoms with van der Waals surface area (Å²) in [6.45, 7) is 0. The van der Waals surface area contributed by atoms with Crippen LogP contribution in [0.15, 0.2) is 48.5 Å². The monoisotopic (exact) mass is 238 g/mol. The van der Waals surface area contributed by atoms with Crippen molar-refractivity contribution in [3.63, 3.8) is 0 Å². The molecule has 0 aliphatic carbocycles. The van der Waals surface area contributed by atoms with E-state index in [0.29, 0.717) is 6.42 Å². The van der Waals surface area contributed by atoms with E-state index < -0.39 is 0 Å². The van der Waals surface area contributed by atoms with E-state index in [9.17, 15) is 10.2 Å². The first-order chi connectivity index (χ1) is 8.69. The molecule has 1 unspecified atom stereocenters. The van der Waals surface area contributed by atoms with Crippen LogP contribution in [0.25, 0.3) is 0 Å². The Morgan fingerprint density at radius 1 is 0.889 bits per heavy atom. The Hall–Kier alpha value is -2.40. The second kappa shape index (κ2) is 5.29. The molecule has 0 bridgehead atoms. The molecule has 18 heavy (non-hydrogen) atoms. The van der Waals surface area contributed by atoms with Gasteiger partial charge in [0.05, 0.1) is 0 Å². The highest BCUT2D eigenvalue weighted by Gasteiger charge is 2.09. The van der Waals surface area contributed by atoms with Crippen molar-refractivity contribution < 1.29 is 10.2 Å². The maximum Gasteiger partial charge on any atom is 0.115 e. The average molecular weight is 238 g/mol. The summed E-state index contributed by atoms with van der Waals surface area (Å²) in [7, 11) is 0. The maximum absolute atomic E-state index is 9.25. The molecule has 2 rings (SSSR count). The highest BCUT2D eigenvalue weighted by atomic mass is 16.3. The number of terminal acetylenes is 1. The number of rotatable bonds is 3. The molecule has 2 aromatic carbocycles. The first-order valence-corrected chi connectivity index (χ1v) is 5.72. The van der Waals surface area contributed by atoms with Crippen molar-refractivity contribution in [1.29, 1.82) is 0 Å². The standard InChI is InChI=1S/C16H14O2/c1-2-13(14-5-9-16(18)10-6-14)11-12-3-7-15(17)8-4-12/h1,3-10,13,17-18H,11H2. The van der Waals surface area contributed by atoms with Gasteiger partial charge in [0.2, 0.25) is 0 Å². The van der Waals surface area contributed by atoms with Gasteiger partial charge in [0.15, 0.2) is 0 Å². The van der Waals surface area contributed by atoms with Crippen molar-refractivity contribution in [3.8, 4) is 23.8 Å². The van der Waals surface area contributed by atoms with Crippen molar-refractivity contribution in [2.24, 2.45) is 0 Å². The summed E-state index contributed by atoms with van der Waals surface area (Å²) >= 11 is 0. The van der Waals surface area contributed by atoms with E-state index in [4.69, 9.17) is 6.42 Å². The summed E-state index contributed by atoms with van der Waals surface area (Å²) in [6, 6.07) is 14.0. The number of hydrogen-bond acceptors (Lipinski definition) is 2. The zero-order chi connectivity index (χ0) is 13.0. The summed E-state index contributed by atoms with van der Waals surface area (Å²) in [5.41, 5.74) is 2.08. The number of benzene rings is 2. The second-order valence-corrected chi connectivity index (χ2v) is 4.18. The van der Waals surface area contributed by atoms with Crippen molar-refractivity contribution in [1.82, 2.24) is 0 Å². The van der Waals surface area contributed by atoms with Gasteiger partial charge in [0.25, 0.3) is 0 Å².